The van der Waals surface area contributed by atoms with E-state index in [1.807, 2.05) is 6.92 Å². The summed E-state index contributed by atoms with van der Waals surface area (Å²) < 4.78 is 39.2. The van der Waals surface area contributed by atoms with Gasteiger partial charge < -0.3 is 9.47 Å². The van der Waals surface area contributed by atoms with Gasteiger partial charge in [0.05, 0.1) is 23.3 Å². The molecule has 1 aliphatic heterocycles. The quantitative estimate of drug-likeness (QED) is 0.783. The van der Waals surface area contributed by atoms with E-state index in [2.05, 4.69) is 29.6 Å². The highest BCUT2D eigenvalue weighted by molar-refractivity contribution is 6.00. The third-order valence-electron chi connectivity index (χ3n) is 4.85. The van der Waals surface area contributed by atoms with Gasteiger partial charge in [-0.2, -0.15) is 18.3 Å². The van der Waals surface area contributed by atoms with Crippen LogP contribution in [0.1, 0.15) is 31.1 Å². The smallest absolute Gasteiger partial charge is 0.323 e. The molecular formula is C16H19F3N6. The summed E-state index contributed by atoms with van der Waals surface area (Å²) in [7, 11) is 0. The lowest BCUT2D eigenvalue weighted by atomic mass is 10.2. The van der Waals surface area contributed by atoms with Crippen LogP contribution in [-0.4, -0.2) is 55.4 Å². The van der Waals surface area contributed by atoms with Crippen molar-refractivity contribution in [1.82, 2.24) is 29.6 Å². The van der Waals surface area contributed by atoms with E-state index in [4.69, 9.17) is 0 Å². The van der Waals surface area contributed by atoms with Gasteiger partial charge in [0, 0.05) is 25.6 Å². The molecule has 6 nitrogen and oxygen atoms in total. The maximum Gasteiger partial charge on any atom is 0.389 e. The zero-order valence-electron chi connectivity index (χ0n) is 13.8. The molecule has 0 spiro atoms. The molecule has 0 bridgehead atoms. The van der Waals surface area contributed by atoms with E-state index in [1.54, 1.807) is 12.4 Å². The molecule has 25 heavy (non-hydrogen) atoms. The van der Waals surface area contributed by atoms with E-state index in [0.717, 1.165) is 41.8 Å². The van der Waals surface area contributed by atoms with E-state index in [9.17, 15) is 13.2 Å². The van der Waals surface area contributed by atoms with Crippen LogP contribution in [0.4, 0.5) is 13.2 Å². The number of hydrogen-bond donors (Lipinski definition) is 1. The number of aryl methyl sites for hydroxylation is 1. The molecule has 3 aromatic heterocycles. The van der Waals surface area contributed by atoms with Crippen LogP contribution < -0.4 is 0 Å². The largest absolute Gasteiger partial charge is 0.389 e. The highest BCUT2D eigenvalue weighted by atomic mass is 19.4. The first-order valence-corrected chi connectivity index (χ1v) is 8.38. The van der Waals surface area contributed by atoms with Crippen LogP contribution >= 0.6 is 0 Å². The second-order valence-corrected chi connectivity index (χ2v) is 6.62. The molecule has 1 unspecified atom stereocenters. The van der Waals surface area contributed by atoms with Crippen LogP contribution in [0.25, 0.3) is 22.1 Å². The minimum absolute atomic E-state index is 0.149. The van der Waals surface area contributed by atoms with Crippen molar-refractivity contribution in [2.45, 2.75) is 38.4 Å². The molecule has 0 saturated carbocycles. The normalized spacial score (nSPS) is 19.4. The first kappa shape index (κ1) is 16.3. The lowest BCUT2D eigenvalue weighted by Gasteiger charge is -2.18. The summed E-state index contributed by atoms with van der Waals surface area (Å²) >= 11 is 0. The fourth-order valence-electron chi connectivity index (χ4n) is 3.78. The molecule has 1 fully saturated rings. The van der Waals surface area contributed by atoms with E-state index in [0.29, 0.717) is 12.2 Å². The van der Waals surface area contributed by atoms with Gasteiger partial charge >= 0.3 is 6.18 Å². The Morgan fingerprint density at radius 3 is 2.96 bits per heavy atom. The number of likely N-dealkylation sites (tertiary alicyclic amines) is 1. The van der Waals surface area contributed by atoms with Crippen molar-refractivity contribution < 1.29 is 13.2 Å². The molecule has 9 heteroatoms. The summed E-state index contributed by atoms with van der Waals surface area (Å²) in [6.45, 7) is 3.98. The van der Waals surface area contributed by atoms with Gasteiger partial charge in [0.2, 0.25) is 0 Å². The molecule has 4 heterocycles. The number of imidazole rings is 1. The van der Waals surface area contributed by atoms with Gasteiger partial charge in [-0.3, -0.25) is 5.10 Å². The van der Waals surface area contributed by atoms with Gasteiger partial charge in [0.25, 0.3) is 0 Å². The molecule has 0 aromatic carbocycles. The molecule has 4 rings (SSSR count). The first-order chi connectivity index (χ1) is 11.9. The Labute approximate surface area is 142 Å². The Balaban J connectivity index is 1.56. The fraction of sp³-hybridized carbons (Fsp3) is 0.562. The van der Waals surface area contributed by atoms with Crippen LogP contribution in [0.5, 0.6) is 0 Å². The molecule has 1 atom stereocenters. The Morgan fingerprint density at radius 1 is 1.32 bits per heavy atom. The van der Waals surface area contributed by atoms with E-state index < -0.39 is 12.6 Å². The van der Waals surface area contributed by atoms with Crippen molar-refractivity contribution in [2.75, 3.05) is 19.6 Å². The molecule has 1 aliphatic rings. The summed E-state index contributed by atoms with van der Waals surface area (Å²) in [4.78, 5) is 11.0. The maximum atomic E-state index is 12.3. The molecule has 0 radical (unpaired) electrons. The minimum atomic E-state index is -4.07. The second kappa shape index (κ2) is 5.98. The highest BCUT2D eigenvalue weighted by Gasteiger charge is 2.30. The number of halogens is 3. The predicted octanol–water partition coefficient (Wildman–Crippen LogP) is 3.21. The van der Waals surface area contributed by atoms with Gasteiger partial charge in [-0.15, -0.1) is 0 Å². The van der Waals surface area contributed by atoms with Gasteiger partial charge in [-0.25, -0.2) is 9.97 Å². The van der Waals surface area contributed by atoms with Gasteiger partial charge in [-0.05, 0) is 26.3 Å². The SMILES string of the molecule is Cc1nc2cnc3[nH]ncc3c2n1C1CCN(CCCC(F)(F)F)C1. The summed E-state index contributed by atoms with van der Waals surface area (Å²) in [6.07, 6.45) is -0.262. The molecule has 1 saturated heterocycles. The zero-order chi connectivity index (χ0) is 17.6. The lowest BCUT2D eigenvalue weighted by Crippen LogP contribution is -2.24. The Kier molecular flexibility index (Phi) is 3.90. The van der Waals surface area contributed by atoms with Crippen LogP contribution in [0.2, 0.25) is 0 Å². The van der Waals surface area contributed by atoms with Crippen LogP contribution in [0, 0.1) is 6.92 Å². The average Bonchev–Trinajstić information content (AvgIpc) is 3.22. The molecule has 0 amide bonds. The number of H-pyrrole nitrogens is 1. The van der Waals surface area contributed by atoms with Crippen LogP contribution in [0.15, 0.2) is 12.4 Å². The first-order valence-electron chi connectivity index (χ1n) is 8.38. The number of fused-ring (bicyclic) bond motifs is 3. The molecular weight excluding hydrogens is 333 g/mol. The summed E-state index contributed by atoms with van der Waals surface area (Å²) in [5.74, 6) is 0.896. The van der Waals surface area contributed by atoms with Crippen molar-refractivity contribution in [3.05, 3.63) is 18.2 Å². The van der Waals surface area contributed by atoms with Crippen molar-refractivity contribution in [3.63, 3.8) is 0 Å². The topological polar surface area (TPSA) is 62.6 Å². The predicted molar refractivity (Wildman–Crippen MR) is 87.3 cm³/mol. The van der Waals surface area contributed by atoms with Crippen molar-refractivity contribution in [2.24, 2.45) is 0 Å². The number of nitrogens with one attached hydrogen (secondary N) is 1. The fourth-order valence-corrected chi connectivity index (χ4v) is 3.78. The third kappa shape index (κ3) is 3.08. The Morgan fingerprint density at radius 2 is 2.16 bits per heavy atom. The van der Waals surface area contributed by atoms with E-state index in [-0.39, 0.29) is 12.5 Å². The number of rotatable bonds is 4. The standard InChI is InChI=1S/C16H19F3N6/c1-10-22-13-8-20-15-12(7-21-23-15)14(13)25(10)11-3-6-24(9-11)5-2-4-16(17,18)19/h7-8,11H,2-6,9H2,1H3,(H,20,21,23). The highest BCUT2D eigenvalue weighted by Crippen LogP contribution is 2.31. The monoisotopic (exact) mass is 352 g/mol. The number of hydrogen-bond acceptors (Lipinski definition) is 4. The third-order valence-corrected chi connectivity index (χ3v) is 4.85. The molecule has 0 aliphatic carbocycles. The number of aromatic nitrogens is 5. The summed E-state index contributed by atoms with van der Waals surface area (Å²) in [6, 6.07) is 0.205. The molecule has 134 valence electrons. The van der Waals surface area contributed by atoms with E-state index >= 15 is 0 Å². The number of nitrogens with zero attached hydrogens (tertiary/aromatic N) is 5. The van der Waals surface area contributed by atoms with E-state index in [1.165, 1.54) is 0 Å². The van der Waals surface area contributed by atoms with Crippen molar-refractivity contribution >= 4 is 22.1 Å². The van der Waals surface area contributed by atoms with Gasteiger partial charge in [0.1, 0.15) is 11.3 Å². The van der Waals surface area contributed by atoms with Crippen molar-refractivity contribution in [1.29, 1.82) is 0 Å². The average molecular weight is 352 g/mol. The Bertz CT molecular complexity index is 896. The van der Waals surface area contributed by atoms with Gasteiger partial charge in [-0.1, -0.05) is 0 Å². The van der Waals surface area contributed by atoms with Crippen molar-refractivity contribution in [3.8, 4) is 0 Å². The summed E-state index contributed by atoms with van der Waals surface area (Å²) in [5, 5.41) is 7.86. The van der Waals surface area contributed by atoms with Crippen LogP contribution in [-0.2, 0) is 0 Å². The molecule has 3 aromatic rings. The maximum absolute atomic E-state index is 12.3. The van der Waals surface area contributed by atoms with Crippen LogP contribution in [0.3, 0.4) is 0 Å². The number of alkyl halides is 3. The minimum Gasteiger partial charge on any atom is -0.323 e. The number of aromatic amines is 1. The van der Waals surface area contributed by atoms with Gasteiger partial charge in [0.15, 0.2) is 5.65 Å². The summed E-state index contributed by atoms with van der Waals surface area (Å²) in [5.41, 5.74) is 2.54. The Hall–Kier alpha value is -2.16. The number of pyridine rings is 1. The second-order valence-electron chi connectivity index (χ2n) is 6.62. The molecule has 1 N–H and O–H groups in total. The lowest BCUT2D eigenvalue weighted by molar-refractivity contribution is -0.136. The zero-order valence-corrected chi connectivity index (χ0v) is 13.8.